The van der Waals surface area contributed by atoms with Crippen molar-refractivity contribution in [3.63, 3.8) is 0 Å². The van der Waals surface area contributed by atoms with Gasteiger partial charge in [0.2, 0.25) is 0 Å². The van der Waals surface area contributed by atoms with Gasteiger partial charge in [0.05, 0.1) is 11.6 Å². The zero-order chi connectivity index (χ0) is 15.0. The molecule has 0 atom stereocenters. The summed E-state index contributed by atoms with van der Waals surface area (Å²) in [4.78, 5) is 15.5. The molecule has 0 saturated carbocycles. The molecule has 1 N–H and O–H groups in total. The summed E-state index contributed by atoms with van der Waals surface area (Å²) in [6.07, 6.45) is 1.60. The fourth-order valence-corrected chi connectivity index (χ4v) is 2.79. The summed E-state index contributed by atoms with van der Waals surface area (Å²) in [6, 6.07) is 9.46. The summed E-state index contributed by atoms with van der Waals surface area (Å²) in [5, 5.41) is 0.702. The Balaban J connectivity index is 2.06. The number of aromatic amines is 1. The van der Waals surface area contributed by atoms with Gasteiger partial charge in [0.1, 0.15) is 11.6 Å². The van der Waals surface area contributed by atoms with Gasteiger partial charge >= 0.3 is 0 Å². The lowest BCUT2D eigenvalue weighted by Gasteiger charge is -2.05. The first-order chi connectivity index (χ1) is 10.1. The average molecular weight is 348 g/mol. The fraction of sp³-hybridized carbons (Fsp3) is 0.0625. The molecule has 0 radical (unpaired) electrons. The highest BCUT2D eigenvalue weighted by Gasteiger charge is 2.15. The van der Waals surface area contributed by atoms with Gasteiger partial charge in [-0.3, -0.25) is 4.79 Å². The number of methoxy groups -OCH3 is 1. The van der Waals surface area contributed by atoms with Crippen LogP contribution in [0, 0.1) is 5.82 Å². The van der Waals surface area contributed by atoms with Crippen LogP contribution >= 0.6 is 15.9 Å². The average Bonchev–Trinajstić information content (AvgIpc) is 2.89. The van der Waals surface area contributed by atoms with Crippen molar-refractivity contribution in [2.45, 2.75) is 0 Å². The zero-order valence-corrected chi connectivity index (χ0v) is 12.7. The van der Waals surface area contributed by atoms with Gasteiger partial charge in [-0.15, -0.1) is 0 Å². The van der Waals surface area contributed by atoms with Crippen molar-refractivity contribution in [2.24, 2.45) is 0 Å². The van der Waals surface area contributed by atoms with E-state index in [1.807, 2.05) is 0 Å². The second-order valence-corrected chi connectivity index (χ2v) is 5.43. The predicted octanol–water partition coefficient (Wildman–Crippen LogP) is 4.31. The van der Waals surface area contributed by atoms with Crippen LogP contribution in [0.4, 0.5) is 4.39 Å². The summed E-state index contributed by atoms with van der Waals surface area (Å²) >= 11 is 3.36. The van der Waals surface area contributed by atoms with Crippen molar-refractivity contribution in [3.05, 3.63) is 64.0 Å². The van der Waals surface area contributed by atoms with Crippen molar-refractivity contribution in [3.8, 4) is 5.75 Å². The summed E-state index contributed by atoms with van der Waals surface area (Å²) in [5.41, 5.74) is 1.65. The largest absolute Gasteiger partial charge is 0.496 e. The van der Waals surface area contributed by atoms with Gasteiger partial charge in [-0.25, -0.2) is 4.39 Å². The quantitative estimate of drug-likeness (QED) is 0.717. The molecular weight excluding hydrogens is 337 g/mol. The third-order valence-corrected chi connectivity index (χ3v) is 3.92. The Labute approximate surface area is 128 Å². The van der Waals surface area contributed by atoms with E-state index in [1.54, 1.807) is 37.6 Å². The molecule has 1 aromatic heterocycles. The van der Waals surface area contributed by atoms with Crippen molar-refractivity contribution in [1.29, 1.82) is 0 Å². The number of fused-ring (bicyclic) bond motifs is 1. The SMILES string of the molecule is COc1ccc(C(=O)c2c[nH]c3cc(F)ccc23)cc1Br. The van der Waals surface area contributed by atoms with E-state index in [0.717, 1.165) is 0 Å². The molecule has 106 valence electrons. The number of rotatable bonds is 3. The Kier molecular flexibility index (Phi) is 3.51. The number of benzene rings is 2. The Morgan fingerprint density at radius 3 is 2.76 bits per heavy atom. The topological polar surface area (TPSA) is 42.1 Å². The van der Waals surface area contributed by atoms with E-state index in [2.05, 4.69) is 20.9 Å². The lowest BCUT2D eigenvalue weighted by molar-refractivity contribution is 0.104. The second-order valence-electron chi connectivity index (χ2n) is 4.57. The first-order valence-corrected chi connectivity index (χ1v) is 7.04. The molecule has 0 aliphatic carbocycles. The van der Waals surface area contributed by atoms with Gasteiger partial charge in [0, 0.05) is 28.2 Å². The van der Waals surface area contributed by atoms with Gasteiger partial charge in [0.15, 0.2) is 5.78 Å². The first kappa shape index (κ1) is 13.8. The van der Waals surface area contributed by atoms with Gasteiger partial charge in [0.25, 0.3) is 0 Å². The summed E-state index contributed by atoms with van der Waals surface area (Å²) in [5.74, 6) is 0.194. The van der Waals surface area contributed by atoms with Gasteiger partial charge in [-0.05, 0) is 52.3 Å². The fourth-order valence-electron chi connectivity index (χ4n) is 2.25. The van der Waals surface area contributed by atoms with E-state index in [4.69, 9.17) is 4.74 Å². The molecule has 0 saturated heterocycles. The van der Waals surface area contributed by atoms with Gasteiger partial charge in [-0.1, -0.05) is 0 Å². The molecule has 0 unspecified atom stereocenters. The normalized spacial score (nSPS) is 10.8. The lowest BCUT2D eigenvalue weighted by Crippen LogP contribution is -2.00. The first-order valence-electron chi connectivity index (χ1n) is 6.25. The van der Waals surface area contributed by atoms with Gasteiger partial charge < -0.3 is 9.72 Å². The number of hydrogen-bond acceptors (Lipinski definition) is 2. The van der Waals surface area contributed by atoms with E-state index < -0.39 is 0 Å². The van der Waals surface area contributed by atoms with E-state index >= 15 is 0 Å². The highest BCUT2D eigenvalue weighted by molar-refractivity contribution is 9.10. The van der Waals surface area contributed by atoms with Crippen LogP contribution in [0.5, 0.6) is 5.75 Å². The maximum absolute atomic E-state index is 13.2. The molecule has 3 nitrogen and oxygen atoms in total. The minimum atomic E-state index is -0.337. The number of halogens is 2. The lowest BCUT2D eigenvalue weighted by atomic mass is 10.0. The number of carbonyl (C=O) groups is 1. The van der Waals surface area contributed by atoms with Crippen LogP contribution in [0.1, 0.15) is 15.9 Å². The molecule has 0 fully saturated rings. The maximum atomic E-state index is 13.2. The second kappa shape index (κ2) is 5.33. The molecule has 0 amide bonds. The van der Waals surface area contributed by atoms with Crippen LogP contribution < -0.4 is 4.74 Å². The summed E-state index contributed by atoms with van der Waals surface area (Å²) in [6.45, 7) is 0. The van der Waals surface area contributed by atoms with Gasteiger partial charge in [-0.2, -0.15) is 0 Å². The highest BCUT2D eigenvalue weighted by Crippen LogP contribution is 2.28. The Bertz CT molecular complexity index is 841. The molecule has 1 heterocycles. The number of H-pyrrole nitrogens is 1. The van der Waals surface area contributed by atoms with E-state index in [9.17, 15) is 9.18 Å². The molecule has 0 bridgehead atoms. The maximum Gasteiger partial charge on any atom is 0.195 e. The third kappa shape index (κ3) is 2.45. The molecule has 0 aliphatic rings. The standard InChI is InChI=1S/C16H11BrFNO2/c1-21-15-5-2-9(6-13(15)17)16(20)12-8-19-14-7-10(18)3-4-11(12)14/h2-8,19H,1H3. The van der Waals surface area contributed by atoms with Crippen LogP contribution in [0.2, 0.25) is 0 Å². The minimum Gasteiger partial charge on any atom is -0.496 e. The molecular formula is C16H11BrFNO2. The number of aromatic nitrogens is 1. The highest BCUT2D eigenvalue weighted by atomic mass is 79.9. The molecule has 3 rings (SSSR count). The molecule has 0 spiro atoms. The third-order valence-electron chi connectivity index (χ3n) is 3.30. The number of ether oxygens (including phenoxy) is 1. The van der Waals surface area contributed by atoms with Crippen molar-refractivity contribution >= 4 is 32.6 Å². The van der Waals surface area contributed by atoms with Crippen molar-refractivity contribution in [2.75, 3.05) is 7.11 Å². The monoisotopic (exact) mass is 347 g/mol. The number of nitrogens with one attached hydrogen (secondary N) is 1. The zero-order valence-electron chi connectivity index (χ0n) is 11.1. The Morgan fingerprint density at radius 2 is 2.05 bits per heavy atom. The van der Waals surface area contributed by atoms with Crippen molar-refractivity contribution < 1.29 is 13.9 Å². The molecule has 5 heteroatoms. The van der Waals surface area contributed by atoms with E-state index in [0.29, 0.717) is 32.3 Å². The predicted molar refractivity (Wildman–Crippen MR) is 82.4 cm³/mol. The van der Waals surface area contributed by atoms with Crippen LogP contribution in [0.3, 0.4) is 0 Å². The van der Waals surface area contributed by atoms with Crippen LogP contribution in [-0.2, 0) is 0 Å². The van der Waals surface area contributed by atoms with E-state index in [1.165, 1.54) is 12.1 Å². The molecule has 3 aromatic rings. The summed E-state index contributed by atoms with van der Waals surface area (Å²) in [7, 11) is 1.57. The number of carbonyl (C=O) groups excluding carboxylic acids is 1. The Morgan fingerprint density at radius 1 is 1.24 bits per heavy atom. The smallest absolute Gasteiger partial charge is 0.195 e. The minimum absolute atomic E-state index is 0.129. The Hall–Kier alpha value is -2.14. The van der Waals surface area contributed by atoms with Crippen LogP contribution in [-0.4, -0.2) is 17.9 Å². The van der Waals surface area contributed by atoms with Crippen LogP contribution in [0.15, 0.2) is 47.1 Å². The van der Waals surface area contributed by atoms with Crippen LogP contribution in [0.25, 0.3) is 10.9 Å². The number of ketones is 1. The molecule has 2 aromatic carbocycles. The number of hydrogen-bond donors (Lipinski definition) is 1. The summed E-state index contributed by atoms with van der Waals surface area (Å²) < 4.78 is 19.0. The van der Waals surface area contributed by atoms with Crippen molar-refractivity contribution in [1.82, 2.24) is 4.98 Å². The van der Waals surface area contributed by atoms with E-state index in [-0.39, 0.29) is 11.6 Å². The molecule has 21 heavy (non-hydrogen) atoms. The molecule has 0 aliphatic heterocycles.